The van der Waals surface area contributed by atoms with Crippen LogP contribution < -0.4 is 9.80 Å². The number of aryl methyl sites for hydroxylation is 3. The summed E-state index contributed by atoms with van der Waals surface area (Å²) in [6.07, 6.45) is 12.0. The van der Waals surface area contributed by atoms with Crippen LogP contribution in [0.4, 0.5) is 11.4 Å². The van der Waals surface area contributed by atoms with Crippen LogP contribution in [0.15, 0.2) is 30.5 Å². The Morgan fingerprint density at radius 1 is 0.636 bits per heavy atom. The van der Waals surface area contributed by atoms with Crippen molar-refractivity contribution in [3.05, 3.63) is 64.0 Å². The zero-order valence-electron chi connectivity index (χ0n) is 33.8. The van der Waals surface area contributed by atoms with Crippen molar-refractivity contribution in [2.24, 2.45) is 0 Å². The summed E-state index contributed by atoms with van der Waals surface area (Å²) in [5, 5.41) is 17.4. The van der Waals surface area contributed by atoms with Gasteiger partial charge in [0.25, 0.3) is 0 Å². The number of Topliss-reactive ketones (excluding diaryl/α,β-unsaturated/α-hetero) is 1. The van der Waals surface area contributed by atoms with Crippen molar-refractivity contribution in [3.63, 3.8) is 0 Å². The van der Waals surface area contributed by atoms with Gasteiger partial charge in [-0.2, -0.15) is 5.10 Å². The minimum atomic E-state index is -0.425. The van der Waals surface area contributed by atoms with Crippen LogP contribution in [0.25, 0.3) is 33.2 Å². The van der Waals surface area contributed by atoms with E-state index in [1.54, 1.807) is 6.92 Å². The first-order chi connectivity index (χ1) is 26.6. The van der Waals surface area contributed by atoms with E-state index in [2.05, 4.69) is 79.0 Å². The van der Waals surface area contributed by atoms with E-state index >= 15 is 0 Å². The lowest BCUT2D eigenvalue weighted by atomic mass is 9.76. The van der Waals surface area contributed by atoms with E-state index in [0.29, 0.717) is 13.0 Å². The second-order valence-electron chi connectivity index (χ2n) is 15.5. The van der Waals surface area contributed by atoms with Gasteiger partial charge in [0.1, 0.15) is 0 Å². The molecule has 292 valence electrons. The molecule has 0 saturated heterocycles. The molecule has 2 aliphatic heterocycles. The lowest BCUT2D eigenvalue weighted by molar-refractivity contribution is -0.124. The van der Waals surface area contributed by atoms with Gasteiger partial charge in [0.15, 0.2) is 5.78 Å². The number of ketones is 1. The highest BCUT2D eigenvalue weighted by molar-refractivity contribution is 6.12. The van der Waals surface area contributed by atoms with Crippen molar-refractivity contribution in [1.82, 2.24) is 20.2 Å². The number of aliphatic hydroxyl groups excluding tert-OH is 1. The van der Waals surface area contributed by atoms with Crippen LogP contribution in [0, 0.1) is 0 Å². The first-order valence-electron chi connectivity index (χ1n) is 20.8. The molecule has 55 heavy (non-hydrogen) atoms. The fourth-order valence-corrected chi connectivity index (χ4v) is 10.1. The topological polar surface area (TPSA) is 138 Å². The van der Waals surface area contributed by atoms with Crippen molar-refractivity contribution in [3.8, 4) is 11.4 Å². The normalized spacial score (nSPS) is 17.8. The predicted molar refractivity (Wildman–Crippen MR) is 221 cm³/mol. The molecular weight excluding hydrogens is 689 g/mol. The van der Waals surface area contributed by atoms with Gasteiger partial charge in [-0.25, -0.2) is 0 Å². The standard InChI is InChI=1S/C22H26N4O.C21H26N2O2.C2H6O/c1-4-22(5-2)16-11-17-15(10-18(16)26(6-3)21(22)27)14-9-7-8-13-12-23-25-19(13)20(14)24-17;1-4-21(5-2)15-12-16-14(11-17(15)23(6-3)20(21)25)13-9-7-8-10-18(24)19(13)22-16;1-2-3/h10-12,24H,4-9H2,1-3H3,(H,23,25);11-12,22H,4-10H2,1-3H3;3H,2H2,1H3. The number of aliphatic hydroxyl groups is 1. The van der Waals surface area contributed by atoms with Crippen LogP contribution in [0.1, 0.15) is 138 Å². The molecule has 0 atom stereocenters. The largest absolute Gasteiger partial charge is 0.397 e. The van der Waals surface area contributed by atoms with Crippen molar-refractivity contribution in [2.45, 2.75) is 130 Å². The molecule has 0 unspecified atom stereocenters. The summed E-state index contributed by atoms with van der Waals surface area (Å²) in [5.41, 5.74) is 12.7. The molecule has 4 aliphatic rings. The molecule has 0 fully saturated rings. The number of carbonyl (C=O) groups is 3. The Balaban J connectivity index is 0.000000159. The summed E-state index contributed by atoms with van der Waals surface area (Å²) in [4.78, 5) is 49.8. The van der Waals surface area contributed by atoms with Gasteiger partial charge < -0.3 is 24.9 Å². The highest BCUT2D eigenvalue weighted by Crippen LogP contribution is 2.50. The Kier molecular flexibility index (Phi) is 10.6. The zero-order valence-corrected chi connectivity index (χ0v) is 33.8. The SMILES string of the molecule is CCN1C(=O)C(CC)(CC)c2cc3[nH]c4c(c3cc21)CCCCC4=O.CCN1C(=O)C(CC)(CC)c2cc3[nH]c4c(c3cc21)CCCc1cn[nH]c1-4.CCO. The average Bonchev–Trinajstić information content (AvgIpc) is 3.94. The van der Waals surface area contributed by atoms with Crippen LogP contribution in [-0.4, -0.2) is 62.6 Å². The van der Waals surface area contributed by atoms with E-state index in [-0.39, 0.29) is 29.6 Å². The molecule has 0 saturated carbocycles. The Hall–Kier alpha value is -4.70. The van der Waals surface area contributed by atoms with Gasteiger partial charge in [-0.05, 0) is 137 Å². The quantitative estimate of drug-likeness (QED) is 0.129. The molecule has 0 bridgehead atoms. The smallest absolute Gasteiger partial charge is 0.237 e. The molecule has 3 aromatic heterocycles. The number of nitrogens with zero attached hydrogens (tertiary/aromatic N) is 3. The number of aromatic amines is 3. The summed E-state index contributed by atoms with van der Waals surface area (Å²) >= 11 is 0. The predicted octanol–water partition coefficient (Wildman–Crippen LogP) is 8.97. The third-order valence-electron chi connectivity index (χ3n) is 13.2. The van der Waals surface area contributed by atoms with Gasteiger partial charge in [-0.3, -0.25) is 19.5 Å². The number of hydrogen-bond acceptors (Lipinski definition) is 5. The molecule has 0 radical (unpaired) electrons. The number of rotatable bonds is 6. The van der Waals surface area contributed by atoms with Gasteiger partial charge >= 0.3 is 0 Å². The molecule has 2 aromatic carbocycles. The van der Waals surface area contributed by atoms with E-state index in [9.17, 15) is 14.4 Å². The Labute approximate surface area is 324 Å². The first-order valence-corrected chi connectivity index (χ1v) is 20.8. The fraction of sp³-hybridized carbons (Fsp3) is 0.511. The Morgan fingerprint density at radius 3 is 1.62 bits per heavy atom. The van der Waals surface area contributed by atoms with Crippen LogP contribution in [0.5, 0.6) is 0 Å². The monoisotopic (exact) mass is 746 g/mol. The number of carbonyl (C=O) groups excluding carboxylic acids is 3. The maximum absolute atomic E-state index is 13.3. The van der Waals surface area contributed by atoms with Gasteiger partial charge in [0.2, 0.25) is 11.8 Å². The summed E-state index contributed by atoms with van der Waals surface area (Å²) in [5.74, 6) is 0.717. The highest BCUT2D eigenvalue weighted by Gasteiger charge is 2.49. The number of fused-ring (bicyclic) bond motifs is 10. The van der Waals surface area contributed by atoms with Crippen molar-refractivity contribution >= 4 is 50.8 Å². The third-order valence-corrected chi connectivity index (χ3v) is 13.2. The Morgan fingerprint density at radius 2 is 1.11 bits per heavy atom. The number of nitrogens with one attached hydrogen (secondary N) is 3. The van der Waals surface area contributed by atoms with Crippen molar-refractivity contribution < 1.29 is 19.5 Å². The second-order valence-corrected chi connectivity index (χ2v) is 15.5. The maximum Gasteiger partial charge on any atom is 0.237 e. The van der Waals surface area contributed by atoms with Crippen LogP contribution in [0.2, 0.25) is 0 Å². The molecular formula is C45H58N6O4. The van der Waals surface area contributed by atoms with E-state index in [4.69, 9.17) is 5.11 Å². The number of anilines is 2. The highest BCUT2D eigenvalue weighted by atomic mass is 16.2. The minimum Gasteiger partial charge on any atom is -0.397 e. The lowest BCUT2D eigenvalue weighted by Crippen LogP contribution is -2.39. The molecule has 10 nitrogen and oxygen atoms in total. The molecule has 2 amide bonds. The van der Waals surface area contributed by atoms with Crippen molar-refractivity contribution in [1.29, 1.82) is 0 Å². The van der Waals surface area contributed by atoms with Crippen molar-refractivity contribution in [2.75, 3.05) is 29.5 Å². The van der Waals surface area contributed by atoms with Crippen LogP contribution in [-0.2, 0) is 39.7 Å². The number of benzene rings is 2. The molecule has 0 spiro atoms. The second kappa shape index (κ2) is 15.1. The average molecular weight is 747 g/mol. The molecule has 4 N–H and O–H groups in total. The number of amides is 2. The molecule has 5 heterocycles. The minimum absolute atomic E-state index is 0.226. The molecule has 9 rings (SSSR count). The third kappa shape index (κ3) is 5.77. The summed E-state index contributed by atoms with van der Waals surface area (Å²) in [6.45, 7) is 15.9. The summed E-state index contributed by atoms with van der Waals surface area (Å²) < 4.78 is 0. The zero-order chi connectivity index (χ0) is 39.2. The van der Waals surface area contributed by atoms with Gasteiger partial charge in [0.05, 0.1) is 34.1 Å². The molecule has 2 aliphatic carbocycles. The van der Waals surface area contributed by atoms with E-state index in [1.165, 1.54) is 27.8 Å². The molecule has 10 heteroatoms. The number of aromatic nitrogens is 4. The van der Waals surface area contributed by atoms with Crippen LogP contribution >= 0.6 is 0 Å². The fourth-order valence-electron chi connectivity index (χ4n) is 10.1. The van der Waals surface area contributed by atoms with Crippen LogP contribution in [0.3, 0.4) is 0 Å². The van der Waals surface area contributed by atoms with Gasteiger partial charge in [0, 0.05) is 59.3 Å². The lowest BCUT2D eigenvalue weighted by Gasteiger charge is -2.25. The summed E-state index contributed by atoms with van der Waals surface area (Å²) in [6, 6.07) is 8.81. The van der Waals surface area contributed by atoms with E-state index in [0.717, 1.165) is 121 Å². The Bertz CT molecular complexity index is 2270. The first kappa shape index (κ1) is 38.6. The summed E-state index contributed by atoms with van der Waals surface area (Å²) in [7, 11) is 0. The number of likely N-dealkylation sites (N-methyl/N-ethyl adjacent to an activating group) is 2. The van der Waals surface area contributed by atoms with E-state index < -0.39 is 5.41 Å². The van der Waals surface area contributed by atoms with Gasteiger partial charge in [-0.15, -0.1) is 0 Å². The number of hydrogen-bond donors (Lipinski definition) is 4. The number of H-pyrrole nitrogens is 3. The van der Waals surface area contributed by atoms with Gasteiger partial charge in [-0.1, -0.05) is 27.7 Å². The van der Waals surface area contributed by atoms with E-state index in [1.807, 2.05) is 22.9 Å². The maximum atomic E-state index is 13.3. The molecule has 5 aromatic rings.